The SMILES string of the molecule is COc1cc2[nH]c(O)c(C(=Nc3cccc(C(C)(C)N)c3)c3ccccc3)c2cc1OC. The van der Waals surface area contributed by atoms with E-state index in [1.54, 1.807) is 20.3 Å². The van der Waals surface area contributed by atoms with Crippen LogP contribution in [-0.4, -0.2) is 30.0 Å². The van der Waals surface area contributed by atoms with Crippen LogP contribution in [0.3, 0.4) is 0 Å². The van der Waals surface area contributed by atoms with E-state index in [0.29, 0.717) is 22.8 Å². The fraction of sp³-hybridized carbons (Fsp3) is 0.192. The van der Waals surface area contributed by atoms with Crippen LogP contribution in [0.2, 0.25) is 0 Å². The van der Waals surface area contributed by atoms with Gasteiger partial charge < -0.3 is 25.3 Å². The van der Waals surface area contributed by atoms with Gasteiger partial charge >= 0.3 is 0 Å². The summed E-state index contributed by atoms with van der Waals surface area (Å²) in [5.74, 6) is 1.16. The standard InChI is InChI=1S/C26H27N3O3/c1-26(2,27)17-11-8-12-18(13-17)28-24(16-9-6-5-7-10-16)23-19-14-21(31-3)22(32-4)15-20(19)29-25(23)30/h5-15,29-30H,27H2,1-4H3. The predicted octanol–water partition coefficient (Wildman–Crippen LogP) is 5.25. The van der Waals surface area contributed by atoms with Crippen molar-refractivity contribution >= 4 is 22.3 Å². The first-order chi connectivity index (χ1) is 15.3. The van der Waals surface area contributed by atoms with Crippen LogP contribution in [0.1, 0.15) is 30.5 Å². The summed E-state index contributed by atoms with van der Waals surface area (Å²) < 4.78 is 10.9. The Morgan fingerprint density at radius 3 is 2.28 bits per heavy atom. The van der Waals surface area contributed by atoms with Gasteiger partial charge in [-0.15, -0.1) is 0 Å². The summed E-state index contributed by atoms with van der Waals surface area (Å²) in [6.45, 7) is 3.91. The molecule has 6 nitrogen and oxygen atoms in total. The molecule has 3 aromatic carbocycles. The fourth-order valence-corrected chi connectivity index (χ4v) is 3.71. The first-order valence-electron chi connectivity index (χ1n) is 10.3. The molecule has 1 aromatic heterocycles. The largest absolute Gasteiger partial charge is 0.494 e. The van der Waals surface area contributed by atoms with Gasteiger partial charge in [-0.25, -0.2) is 4.99 Å². The number of rotatable bonds is 6. The van der Waals surface area contributed by atoms with Gasteiger partial charge in [0.1, 0.15) is 0 Å². The summed E-state index contributed by atoms with van der Waals surface area (Å²) in [6.07, 6.45) is 0. The van der Waals surface area contributed by atoms with Gasteiger partial charge in [0, 0.05) is 22.6 Å². The minimum atomic E-state index is -0.495. The molecule has 0 aliphatic rings. The number of fused-ring (bicyclic) bond motifs is 1. The van der Waals surface area contributed by atoms with Crippen LogP contribution < -0.4 is 15.2 Å². The third-order valence-electron chi connectivity index (χ3n) is 5.40. The Balaban J connectivity index is 1.98. The van der Waals surface area contributed by atoms with Crippen molar-refractivity contribution in [3.8, 4) is 17.4 Å². The molecule has 0 atom stereocenters. The van der Waals surface area contributed by atoms with Crippen molar-refractivity contribution in [1.82, 2.24) is 4.98 Å². The maximum atomic E-state index is 10.9. The number of H-pyrrole nitrogens is 1. The lowest BCUT2D eigenvalue weighted by Gasteiger charge is -2.19. The number of aromatic hydroxyl groups is 1. The van der Waals surface area contributed by atoms with Crippen molar-refractivity contribution in [3.63, 3.8) is 0 Å². The predicted molar refractivity (Wildman–Crippen MR) is 128 cm³/mol. The number of hydrogen-bond donors (Lipinski definition) is 3. The number of benzene rings is 3. The number of methoxy groups -OCH3 is 2. The first kappa shape index (κ1) is 21.5. The molecule has 4 aromatic rings. The average Bonchev–Trinajstić information content (AvgIpc) is 3.11. The lowest BCUT2D eigenvalue weighted by Crippen LogP contribution is -2.28. The number of nitrogens with two attached hydrogens (primary N) is 1. The maximum absolute atomic E-state index is 10.9. The molecule has 0 saturated heterocycles. The molecule has 0 amide bonds. The highest BCUT2D eigenvalue weighted by Gasteiger charge is 2.21. The van der Waals surface area contributed by atoms with E-state index in [2.05, 4.69) is 4.98 Å². The van der Waals surface area contributed by atoms with Gasteiger partial charge in [0.2, 0.25) is 0 Å². The lowest BCUT2D eigenvalue weighted by atomic mass is 9.95. The molecular weight excluding hydrogens is 402 g/mol. The molecule has 0 saturated carbocycles. The zero-order valence-corrected chi connectivity index (χ0v) is 18.6. The molecule has 0 spiro atoms. The number of nitrogens with zero attached hydrogens (tertiary/aromatic N) is 1. The average molecular weight is 430 g/mol. The summed E-state index contributed by atoms with van der Waals surface area (Å²) in [6, 6.07) is 21.2. The third kappa shape index (κ3) is 4.05. The van der Waals surface area contributed by atoms with E-state index < -0.39 is 5.54 Å². The highest BCUT2D eigenvalue weighted by molar-refractivity contribution is 6.22. The zero-order chi connectivity index (χ0) is 22.9. The molecule has 1 heterocycles. The summed E-state index contributed by atoms with van der Waals surface area (Å²) in [7, 11) is 3.16. The van der Waals surface area contributed by atoms with E-state index in [1.165, 1.54) is 0 Å². The van der Waals surface area contributed by atoms with Crippen LogP contribution in [0.25, 0.3) is 10.9 Å². The van der Waals surface area contributed by atoms with Crippen LogP contribution in [0.15, 0.2) is 71.7 Å². The minimum Gasteiger partial charge on any atom is -0.494 e. The molecule has 0 radical (unpaired) electrons. The summed E-state index contributed by atoms with van der Waals surface area (Å²) in [5.41, 5.74) is 10.3. The Labute approximate surface area is 187 Å². The van der Waals surface area contributed by atoms with Gasteiger partial charge in [0.05, 0.1) is 36.7 Å². The Kier molecular flexibility index (Phi) is 5.63. The fourth-order valence-electron chi connectivity index (χ4n) is 3.71. The molecule has 4 rings (SSSR count). The van der Waals surface area contributed by atoms with Crippen LogP contribution in [-0.2, 0) is 5.54 Å². The monoisotopic (exact) mass is 429 g/mol. The smallest absolute Gasteiger partial charge is 0.199 e. The molecule has 0 unspecified atom stereocenters. The Bertz CT molecular complexity index is 1290. The summed E-state index contributed by atoms with van der Waals surface area (Å²) in [5, 5.41) is 11.7. The van der Waals surface area contributed by atoms with Gasteiger partial charge in [-0.2, -0.15) is 0 Å². The van der Waals surface area contributed by atoms with Crippen molar-refractivity contribution in [2.75, 3.05) is 14.2 Å². The van der Waals surface area contributed by atoms with E-state index in [9.17, 15) is 5.11 Å². The number of ether oxygens (including phenoxy) is 2. The van der Waals surface area contributed by atoms with Gasteiger partial charge in [0.15, 0.2) is 17.4 Å². The van der Waals surface area contributed by atoms with Crippen LogP contribution >= 0.6 is 0 Å². The third-order valence-corrected chi connectivity index (χ3v) is 5.40. The second kappa shape index (κ2) is 8.40. The number of hydrogen-bond acceptors (Lipinski definition) is 5. The van der Waals surface area contributed by atoms with Crippen LogP contribution in [0, 0.1) is 0 Å². The van der Waals surface area contributed by atoms with Crippen LogP contribution in [0.5, 0.6) is 17.4 Å². The highest BCUT2D eigenvalue weighted by atomic mass is 16.5. The molecule has 6 heteroatoms. The van der Waals surface area contributed by atoms with Crippen molar-refractivity contribution in [1.29, 1.82) is 0 Å². The topological polar surface area (TPSA) is 92.9 Å². The van der Waals surface area contributed by atoms with Crippen molar-refractivity contribution < 1.29 is 14.6 Å². The maximum Gasteiger partial charge on any atom is 0.199 e. The Morgan fingerprint density at radius 1 is 0.938 bits per heavy atom. The zero-order valence-electron chi connectivity index (χ0n) is 18.6. The van der Waals surface area contributed by atoms with Crippen LogP contribution in [0.4, 0.5) is 5.69 Å². The molecule has 0 aliphatic carbocycles. The second-order valence-electron chi connectivity index (χ2n) is 8.20. The Morgan fingerprint density at radius 2 is 1.62 bits per heavy atom. The minimum absolute atomic E-state index is 0.0215. The highest BCUT2D eigenvalue weighted by Crippen LogP contribution is 2.38. The number of nitrogens with one attached hydrogen (secondary N) is 1. The molecule has 0 bridgehead atoms. The van der Waals surface area contributed by atoms with Crippen molar-refractivity contribution in [2.45, 2.75) is 19.4 Å². The molecule has 4 N–H and O–H groups in total. The van der Waals surface area contributed by atoms with E-state index in [1.807, 2.05) is 74.5 Å². The van der Waals surface area contributed by atoms with E-state index >= 15 is 0 Å². The van der Waals surface area contributed by atoms with E-state index in [0.717, 1.165) is 27.7 Å². The van der Waals surface area contributed by atoms with Crippen molar-refractivity contribution in [3.05, 3.63) is 83.4 Å². The molecule has 164 valence electrons. The van der Waals surface area contributed by atoms with E-state index in [4.69, 9.17) is 20.2 Å². The normalized spacial score (nSPS) is 12.2. The first-order valence-corrected chi connectivity index (χ1v) is 10.3. The van der Waals surface area contributed by atoms with Crippen molar-refractivity contribution in [2.24, 2.45) is 10.7 Å². The quantitative estimate of drug-likeness (QED) is 0.365. The van der Waals surface area contributed by atoms with Gasteiger partial charge in [-0.3, -0.25) is 0 Å². The number of aromatic amines is 1. The lowest BCUT2D eigenvalue weighted by molar-refractivity contribution is 0.356. The molecule has 0 fully saturated rings. The van der Waals surface area contributed by atoms with Gasteiger partial charge in [0.25, 0.3) is 0 Å². The number of aromatic nitrogens is 1. The molecular formula is C26H27N3O3. The summed E-state index contributed by atoms with van der Waals surface area (Å²) in [4.78, 5) is 8.01. The molecule has 32 heavy (non-hydrogen) atoms. The Hall–Kier alpha value is -3.77. The van der Waals surface area contributed by atoms with E-state index in [-0.39, 0.29) is 5.88 Å². The van der Waals surface area contributed by atoms with Gasteiger partial charge in [-0.1, -0.05) is 42.5 Å². The summed E-state index contributed by atoms with van der Waals surface area (Å²) >= 11 is 0. The number of aliphatic imine (C=N–C) groups is 1. The second-order valence-corrected chi connectivity index (χ2v) is 8.20. The molecule has 0 aliphatic heterocycles. The van der Waals surface area contributed by atoms with Gasteiger partial charge in [-0.05, 0) is 37.6 Å².